The molecule has 0 aliphatic carbocycles. The second kappa shape index (κ2) is 6.98. The van der Waals surface area contributed by atoms with Gasteiger partial charge in [0, 0.05) is 12.4 Å². The highest BCUT2D eigenvalue weighted by atomic mass is 35.5. The minimum Gasteiger partial charge on any atom is -0.495 e. The normalized spacial score (nSPS) is 11.6. The molecule has 19 heavy (non-hydrogen) atoms. The fourth-order valence-electron chi connectivity index (χ4n) is 1.62. The molecule has 5 nitrogen and oxygen atoms in total. The summed E-state index contributed by atoms with van der Waals surface area (Å²) in [5.74, 6) is 0.408. The standard InChI is InChI=1S/C12H19ClN2O3S/c1-15(2)9-10-4-5-12(18-3)11(8-10)14-19(16,17)7-6-13/h4-5,8,14H,6-7,9H2,1-3H3. The van der Waals surface area contributed by atoms with Gasteiger partial charge in [0.25, 0.3) is 0 Å². The average Bonchev–Trinajstić information content (AvgIpc) is 2.27. The van der Waals surface area contributed by atoms with Crippen molar-refractivity contribution in [2.75, 3.05) is 37.6 Å². The molecular formula is C12H19ClN2O3S. The molecular weight excluding hydrogens is 288 g/mol. The van der Waals surface area contributed by atoms with E-state index in [1.165, 1.54) is 7.11 Å². The van der Waals surface area contributed by atoms with Crippen molar-refractivity contribution in [1.29, 1.82) is 0 Å². The van der Waals surface area contributed by atoms with Gasteiger partial charge in [0.1, 0.15) is 5.75 Å². The Hall–Kier alpha value is -0.980. The van der Waals surface area contributed by atoms with Gasteiger partial charge in [0.15, 0.2) is 0 Å². The van der Waals surface area contributed by atoms with E-state index in [9.17, 15) is 8.42 Å². The summed E-state index contributed by atoms with van der Waals surface area (Å²) in [5.41, 5.74) is 1.43. The van der Waals surface area contributed by atoms with E-state index < -0.39 is 10.0 Å². The van der Waals surface area contributed by atoms with Crippen molar-refractivity contribution in [2.45, 2.75) is 6.54 Å². The molecule has 0 aromatic heterocycles. The van der Waals surface area contributed by atoms with Crippen LogP contribution in [0, 0.1) is 0 Å². The number of nitrogens with zero attached hydrogens (tertiary/aromatic N) is 1. The highest BCUT2D eigenvalue weighted by molar-refractivity contribution is 7.92. The maximum Gasteiger partial charge on any atom is 0.234 e. The van der Waals surface area contributed by atoms with E-state index in [1.807, 2.05) is 25.1 Å². The van der Waals surface area contributed by atoms with Gasteiger partial charge in [-0.15, -0.1) is 11.6 Å². The smallest absolute Gasteiger partial charge is 0.234 e. The monoisotopic (exact) mass is 306 g/mol. The SMILES string of the molecule is COc1ccc(CN(C)C)cc1NS(=O)(=O)CCCl. The Morgan fingerprint density at radius 3 is 2.58 bits per heavy atom. The number of hydrogen-bond donors (Lipinski definition) is 1. The van der Waals surface area contributed by atoms with Gasteiger partial charge in [-0.05, 0) is 31.8 Å². The predicted molar refractivity (Wildman–Crippen MR) is 78.5 cm³/mol. The van der Waals surface area contributed by atoms with E-state index in [0.29, 0.717) is 18.0 Å². The molecule has 0 heterocycles. The fourth-order valence-corrected chi connectivity index (χ4v) is 3.03. The van der Waals surface area contributed by atoms with E-state index in [4.69, 9.17) is 16.3 Å². The van der Waals surface area contributed by atoms with Crippen molar-refractivity contribution in [3.8, 4) is 5.75 Å². The molecule has 1 aromatic rings. The van der Waals surface area contributed by atoms with Crippen LogP contribution < -0.4 is 9.46 Å². The molecule has 1 N–H and O–H groups in total. The molecule has 0 atom stereocenters. The van der Waals surface area contributed by atoms with E-state index >= 15 is 0 Å². The van der Waals surface area contributed by atoms with Gasteiger partial charge in [-0.3, -0.25) is 4.72 Å². The molecule has 0 saturated heterocycles. The highest BCUT2D eigenvalue weighted by Crippen LogP contribution is 2.27. The largest absolute Gasteiger partial charge is 0.495 e. The lowest BCUT2D eigenvalue weighted by atomic mass is 10.2. The average molecular weight is 307 g/mol. The molecule has 0 aliphatic heterocycles. The molecule has 1 aromatic carbocycles. The lowest BCUT2D eigenvalue weighted by Gasteiger charge is -2.15. The number of alkyl halides is 1. The summed E-state index contributed by atoms with van der Waals surface area (Å²) in [4.78, 5) is 2.00. The number of sulfonamides is 1. The van der Waals surface area contributed by atoms with Crippen LogP contribution in [0.3, 0.4) is 0 Å². The summed E-state index contributed by atoms with van der Waals surface area (Å²) < 4.78 is 31.1. The minimum absolute atomic E-state index is 0.0506. The second-order valence-corrected chi connectivity index (χ2v) is 6.60. The molecule has 1 rings (SSSR count). The molecule has 0 unspecified atom stereocenters. The second-order valence-electron chi connectivity index (χ2n) is 4.38. The molecule has 0 spiro atoms. The summed E-state index contributed by atoms with van der Waals surface area (Å²) in [7, 11) is 1.95. The summed E-state index contributed by atoms with van der Waals surface area (Å²) in [5, 5.41) is 0. The Morgan fingerprint density at radius 2 is 2.05 bits per heavy atom. The summed E-state index contributed by atoms with van der Waals surface area (Å²) >= 11 is 5.47. The van der Waals surface area contributed by atoms with Crippen molar-refractivity contribution in [3.63, 3.8) is 0 Å². The van der Waals surface area contributed by atoms with Gasteiger partial charge in [-0.25, -0.2) is 8.42 Å². The van der Waals surface area contributed by atoms with Crippen LogP contribution in [-0.4, -0.2) is 46.2 Å². The van der Waals surface area contributed by atoms with E-state index in [-0.39, 0.29) is 11.6 Å². The number of methoxy groups -OCH3 is 1. The van der Waals surface area contributed by atoms with Gasteiger partial charge >= 0.3 is 0 Å². The molecule has 0 bridgehead atoms. The zero-order valence-corrected chi connectivity index (χ0v) is 12.9. The molecule has 0 aliphatic rings. The van der Waals surface area contributed by atoms with Crippen LogP contribution in [0.25, 0.3) is 0 Å². The zero-order valence-electron chi connectivity index (χ0n) is 11.3. The predicted octanol–water partition coefficient (Wildman–Crippen LogP) is 1.74. The first-order valence-electron chi connectivity index (χ1n) is 5.76. The van der Waals surface area contributed by atoms with Crippen LogP contribution in [0.15, 0.2) is 18.2 Å². The first-order chi connectivity index (χ1) is 8.88. The topological polar surface area (TPSA) is 58.6 Å². The number of nitrogens with one attached hydrogen (secondary N) is 1. The van der Waals surface area contributed by atoms with Crippen molar-refractivity contribution in [3.05, 3.63) is 23.8 Å². The van der Waals surface area contributed by atoms with E-state index in [0.717, 1.165) is 5.56 Å². The first kappa shape index (κ1) is 16.1. The highest BCUT2D eigenvalue weighted by Gasteiger charge is 2.13. The summed E-state index contributed by atoms with van der Waals surface area (Å²) in [6, 6.07) is 5.42. The fraction of sp³-hybridized carbons (Fsp3) is 0.500. The summed E-state index contributed by atoms with van der Waals surface area (Å²) in [6.07, 6.45) is 0. The Kier molecular flexibility index (Phi) is 5.90. The van der Waals surface area contributed by atoms with Crippen molar-refractivity contribution in [2.24, 2.45) is 0 Å². The number of hydrogen-bond acceptors (Lipinski definition) is 4. The lowest BCUT2D eigenvalue weighted by Crippen LogP contribution is -2.18. The van der Waals surface area contributed by atoms with Crippen molar-refractivity contribution < 1.29 is 13.2 Å². The molecule has 108 valence electrons. The number of ether oxygens (including phenoxy) is 1. The number of halogens is 1. The Morgan fingerprint density at radius 1 is 1.37 bits per heavy atom. The third-order valence-corrected chi connectivity index (χ3v) is 4.06. The van der Waals surface area contributed by atoms with Gasteiger partial charge in [0.2, 0.25) is 10.0 Å². The minimum atomic E-state index is -3.44. The number of benzene rings is 1. The van der Waals surface area contributed by atoms with Gasteiger partial charge in [-0.2, -0.15) is 0 Å². The van der Waals surface area contributed by atoms with Crippen LogP contribution in [0.4, 0.5) is 5.69 Å². The maximum atomic E-state index is 11.7. The van der Waals surface area contributed by atoms with Gasteiger partial charge in [0.05, 0.1) is 18.6 Å². The molecule has 0 radical (unpaired) electrons. The summed E-state index contributed by atoms with van der Waals surface area (Å²) in [6.45, 7) is 0.716. The third-order valence-electron chi connectivity index (χ3n) is 2.37. The molecule has 0 amide bonds. The third kappa shape index (κ3) is 5.26. The Balaban J connectivity index is 3.02. The van der Waals surface area contributed by atoms with Crippen molar-refractivity contribution in [1.82, 2.24) is 4.90 Å². The van der Waals surface area contributed by atoms with Gasteiger partial charge < -0.3 is 9.64 Å². The van der Waals surface area contributed by atoms with Crippen LogP contribution in [0.2, 0.25) is 0 Å². The van der Waals surface area contributed by atoms with Crippen LogP contribution >= 0.6 is 11.6 Å². The lowest BCUT2D eigenvalue weighted by molar-refractivity contribution is 0.400. The Labute approximate surface area is 119 Å². The first-order valence-corrected chi connectivity index (χ1v) is 7.94. The molecule has 0 saturated carbocycles. The van der Waals surface area contributed by atoms with Crippen LogP contribution in [0.5, 0.6) is 5.75 Å². The zero-order chi connectivity index (χ0) is 14.5. The number of anilines is 1. The quantitative estimate of drug-likeness (QED) is 0.780. The number of rotatable bonds is 7. The maximum absolute atomic E-state index is 11.7. The van der Waals surface area contributed by atoms with Gasteiger partial charge in [-0.1, -0.05) is 6.07 Å². The molecule has 0 fully saturated rings. The van der Waals surface area contributed by atoms with Crippen LogP contribution in [0.1, 0.15) is 5.56 Å². The van der Waals surface area contributed by atoms with Crippen LogP contribution in [-0.2, 0) is 16.6 Å². The molecule has 7 heteroatoms. The van der Waals surface area contributed by atoms with Crippen molar-refractivity contribution >= 4 is 27.3 Å². The van der Waals surface area contributed by atoms with E-state index in [2.05, 4.69) is 4.72 Å². The Bertz CT molecular complexity index is 518. The van der Waals surface area contributed by atoms with E-state index in [1.54, 1.807) is 12.1 Å².